The molecule has 23 heavy (non-hydrogen) atoms. The van der Waals surface area contributed by atoms with Gasteiger partial charge in [0.25, 0.3) is 0 Å². The Labute approximate surface area is 139 Å². The summed E-state index contributed by atoms with van der Waals surface area (Å²) in [6, 6.07) is 7.86. The van der Waals surface area contributed by atoms with Gasteiger partial charge in [-0.1, -0.05) is 24.3 Å². The van der Waals surface area contributed by atoms with Crippen LogP contribution in [0.3, 0.4) is 0 Å². The summed E-state index contributed by atoms with van der Waals surface area (Å²) in [6.07, 6.45) is 0.224. The second-order valence-electron chi connectivity index (χ2n) is 5.01. The molecular weight excluding hydrogens is 312 g/mol. The van der Waals surface area contributed by atoms with E-state index < -0.39 is 0 Å². The van der Waals surface area contributed by atoms with Gasteiger partial charge in [-0.15, -0.1) is 11.3 Å². The molecule has 2 aromatic rings. The van der Waals surface area contributed by atoms with Crippen molar-refractivity contribution in [2.45, 2.75) is 19.9 Å². The summed E-state index contributed by atoms with van der Waals surface area (Å²) < 4.78 is 0. The highest BCUT2D eigenvalue weighted by molar-refractivity contribution is 7.13. The lowest BCUT2D eigenvalue weighted by atomic mass is 10.1. The molecule has 0 spiro atoms. The summed E-state index contributed by atoms with van der Waals surface area (Å²) in [5, 5.41) is 8.13. The van der Waals surface area contributed by atoms with Crippen molar-refractivity contribution in [3.05, 3.63) is 40.9 Å². The lowest BCUT2D eigenvalue weighted by molar-refractivity contribution is -0.121. The standard InChI is InChI=1S/C16H20N4O2S/c1-11(21)18-6-7-19-15(22)8-13-10-23-16(20-13)14-5-3-2-4-12(14)9-17/h2-5,10H,6-9,17H2,1H3,(H,18,21)(H,19,22). The molecule has 7 heteroatoms. The summed E-state index contributed by atoms with van der Waals surface area (Å²) in [4.78, 5) is 27.1. The van der Waals surface area contributed by atoms with Crippen molar-refractivity contribution in [2.24, 2.45) is 5.73 Å². The predicted octanol–water partition coefficient (Wildman–Crippen LogP) is 1.06. The van der Waals surface area contributed by atoms with Crippen LogP contribution in [0.25, 0.3) is 10.6 Å². The number of aromatic nitrogens is 1. The summed E-state index contributed by atoms with van der Waals surface area (Å²) in [7, 11) is 0. The van der Waals surface area contributed by atoms with E-state index in [1.165, 1.54) is 18.3 Å². The molecule has 0 bridgehead atoms. The summed E-state index contributed by atoms with van der Waals surface area (Å²) >= 11 is 1.50. The first-order valence-electron chi connectivity index (χ1n) is 7.34. The summed E-state index contributed by atoms with van der Waals surface area (Å²) in [5.74, 6) is -0.221. The van der Waals surface area contributed by atoms with Gasteiger partial charge in [0.15, 0.2) is 0 Å². The fourth-order valence-corrected chi connectivity index (χ4v) is 2.97. The molecule has 1 aromatic carbocycles. The normalized spacial score (nSPS) is 10.3. The third-order valence-corrected chi connectivity index (χ3v) is 4.11. The van der Waals surface area contributed by atoms with Crippen molar-refractivity contribution in [1.29, 1.82) is 0 Å². The van der Waals surface area contributed by atoms with E-state index in [1.807, 2.05) is 29.6 Å². The maximum atomic E-state index is 11.8. The SMILES string of the molecule is CC(=O)NCCNC(=O)Cc1csc(-c2ccccc2CN)n1. The molecule has 0 aliphatic heterocycles. The Morgan fingerprint density at radius 2 is 1.96 bits per heavy atom. The van der Waals surface area contributed by atoms with Crippen molar-refractivity contribution in [3.8, 4) is 10.6 Å². The fourth-order valence-electron chi connectivity index (χ4n) is 2.09. The molecule has 0 atom stereocenters. The highest BCUT2D eigenvalue weighted by atomic mass is 32.1. The van der Waals surface area contributed by atoms with Crippen LogP contribution in [0.15, 0.2) is 29.6 Å². The Balaban J connectivity index is 1.92. The van der Waals surface area contributed by atoms with Gasteiger partial charge in [0.1, 0.15) is 5.01 Å². The number of benzene rings is 1. The number of hydrogen-bond acceptors (Lipinski definition) is 5. The molecule has 0 saturated carbocycles. The predicted molar refractivity (Wildman–Crippen MR) is 90.8 cm³/mol. The first-order chi connectivity index (χ1) is 11.1. The summed E-state index contributed by atoms with van der Waals surface area (Å²) in [5.41, 5.74) is 8.52. The van der Waals surface area contributed by atoms with Gasteiger partial charge in [-0.25, -0.2) is 4.98 Å². The zero-order valence-electron chi connectivity index (χ0n) is 13.0. The molecule has 0 radical (unpaired) electrons. The van der Waals surface area contributed by atoms with Crippen LogP contribution < -0.4 is 16.4 Å². The van der Waals surface area contributed by atoms with Crippen molar-refractivity contribution in [2.75, 3.05) is 13.1 Å². The Bertz CT molecular complexity index is 684. The Morgan fingerprint density at radius 3 is 2.70 bits per heavy atom. The third-order valence-electron chi connectivity index (χ3n) is 3.18. The van der Waals surface area contributed by atoms with Crippen LogP contribution in [0.2, 0.25) is 0 Å². The van der Waals surface area contributed by atoms with Gasteiger partial charge < -0.3 is 16.4 Å². The molecule has 4 N–H and O–H groups in total. The molecule has 6 nitrogen and oxygen atoms in total. The number of amides is 2. The van der Waals surface area contributed by atoms with Crippen LogP contribution in [0.1, 0.15) is 18.2 Å². The van der Waals surface area contributed by atoms with Gasteiger partial charge in [-0.2, -0.15) is 0 Å². The molecule has 0 aliphatic rings. The average molecular weight is 332 g/mol. The van der Waals surface area contributed by atoms with Gasteiger partial charge in [-0.05, 0) is 5.56 Å². The van der Waals surface area contributed by atoms with E-state index >= 15 is 0 Å². The zero-order valence-corrected chi connectivity index (χ0v) is 13.8. The smallest absolute Gasteiger partial charge is 0.226 e. The van der Waals surface area contributed by atoms with Gasteiger partial charge in [0.05, 0.1) is 12.1 Å². The van der Waals surface area contributed by atoms with Crippen LogP contribution in [-0.4, -0.2) is 29.9 Å². The lowest BCUT2D eigenvalue weighted by Gasteiger charge is -2.05. The Morgan fingerprint density at radius 1 is 1.22 bits per heavy atom. The number of nitrogens with zero attached hydrogens (tertiary/aromatic N) is 1. The van der Waals surface area contributed by atoms with Crippen LogP contribution in [-0.2, 0) is 22.6 Å². The minimum Gasteiger partial charge on any atom is -0.355 e. The molecule has 0 fully saturated rings. The Kier molecular flexibility index (Phi) is 6.25. The largest absolute Gasteiger partial charge is 0.355 e. The fraction of sp³-hybridized carbons (Fsp3) is 0.312. The van der Waals surface area contributed by atoms with E-state index in [2.05, 4.69) is 15.6 Å². The minimum atomic E-state index is -0.112. The topological polar surface area (TPSA) is 97.1 Å². The molecule has 0 saturated heterocycles. The maximum Gasteiger partial charge on any atom is 0.226 e. The number of thiazole rings is 1. The van der Waals surface area contributed by atoms with Crippen LogP contribution in [0.5, 0.6) is 0 Å². The van der Waals surface area contributed by atoms with E-state index in [1.54, 1.807) is 0 Å². The van der Waals surface area contributed by atoms with Gasteiger partial charge in [0, 0.05) is 37.5 Å². The van der Waals surface area contributed by atoms with E-state index in [0.717, 1.165) is 21.8 Å². The van der Waals surface area contributed by atoms with Gasteiger partial charge in [0.2, 0.25) is 11.8 Å². The quantitative estimate of drug-likeness (QED) is 0.661. The molecule has 0 unspecified atom stereocenters. The first-order valence-corrected chi connectivity index (χ1v) is 8.22. The number of carbonyl (C=O) groups is 2. The molecule has 1 heterocycles. The second-order valence-corrected chi connectivity index (χ2v) is 5.87. The molecular formula is C16H20N4O2S. The highest BCUT2D eigenvalue weighted by Crippen LogP contribution is 2.27. The molecule has 0 aliphatic carbocycles. The van der Waals surface area contributed by atoms with Crippen LogP contribution >= 0.6 is 11.3 Å². The summed E-state index contributed by atoms with van der Waals surface area (Å²) in [6.45, 7) is 2.73. The lowest BCUT2D eigenvalue weighted by Crippen LogP contribution is -2.34. The monoisotopic (exact) mass is 332 g/mol. The van der Waals surface area contributed by atoms with Crippen molar-refractivity contribution >= 4 is 23.2 Å². The Hall–Kier alpha value is -2.25. The highest BCUT2D eigenvalue weighted by Gasteiger charge is 2.11. The van der Waals surface area contributed by atoms with Gasteiger partial charge in [-0.3, -0.25) is 9.59 Å². The van der Waals surface area contributed by atoms with E-state index in [-0.39, 0.29) is 18.2 Å². The van der Waals surface area contributed by atoms with Crippen molar-refractivity contribution < 1.29 is 9.59 Å². The van der Waals surface area contributed by atoms with E-state index in [0.29, 0.717) is 19.6 Å². The number of hydrogen-bond donors (Lipinski definition) is 3. The zero-order chi connectivity index (χ0) is 16.7. The van der Waals surface area contributed by atoms with Crippen LogP contribution in [0.4, 0.5) is 0 Å². The first kappa shape index (κ1) is 17.1. The number of nitrogens with one attached hydrogen (secondary N) is 2. The number of rotatable bonds is 7. The molecule has 2 rings (SSSR count). The number of carbonyl (C=O) groups excluding carboxylic acids is 2. The second kappa shape index (κ2) is 8.40. The average Bonchev–Trinajstić information content (AvgIpc) is 2.99. The molecule has 1 aromatic heterocycles. The van der Waals surface area contributed by atoms with Crippen molar-refractivity contribution in [3.63, 3.8) is 0 Å². The number of nitrogens with two attached hydrogens (primary N) is 1. The van der Waals surface area contributed by atoms with Crippen LogP contribution in [0, 0.1) is 0 Å². The minimum absolute atomic E-state index is 0.109. The third kappa shape index (κ3) is 5.15. The van der Waals surface area contributed by atoms with Crippen molar-refractivity contribution in [1.82, 2.24) is 15.6 Å². The molecule has 2 amide bonds. The maximum absolute atomic E-state index is 11.8. The van der Waals surface area contributed by atoms with Gasteiger partial charge >= 0.3 is 0 Å². The molecule has 122 valence electrons. The van der Waals surface area contributed by atoms with E-state index in [9.17, 15) is 9.59 Å². The van der Waals surface area contributed by atoms with E-state index in [4.69, 9.17) is 5.73 Å².